The van der Waals surface area contributed by atoms with Crippen molar-refractivity contribution in [3.8, 4) is 0 Å². The Bertz CT molecular complexity index is 27.7. The minimum Gasteiger partial charge on any atom is -0.346 e. The molecule has 2 heteroatoms. The van der Waals surface area contributed by atoms with Gasteiger partial charge >= 0.3 is 0 Å². The van der Waals surface area contributed by atoms with E-state index >= 15 is 0 Å². The van der Waals surface area contributed by atoms with Crippen LogP contribution in [-0.4, -0.2) is 24.6 Å². The van der Waals surface area contributed by atoms with Gasteiger partial charge < -0.3 is 5.32 Å². The standard InChI is InChI=1S/C5H11NS/c1-2-6-3-5-7-4-1/h6H,1-5H2/p+1. The van der Waals surface area contributed by atoms with E-state index in [9.17, 15) is 0 Å². The van der Waals surface area contributed by atoms with E-state index in [1.54, 1.807) is 0 Å². The summed E-state index contributed by atoms with van der Waals surface area (Å²) in [5.74, 6) is 2.75. The highest BCUT2D eigenvalue weighted by Crippen LogP contribution is 1.99. The van der Waals surface area contributed by atoms with E-state index in [0.29, 0.717) is 0 Å². The Morgan fingerprint density at radius 3 is 3.14 bits per heavy atom. The van der Waals surface area contributed by atoms with Gasteiger partial charge in [-0.15, -0.1) is 0 Å². The van der Waals surface area contributed by atoms with Crippen LogP contribution in [0.5, 0.6) is 0 Å². The summed E-state index contributed by atoms with van der Waals surface area (Å²) in [7, 11) is 0. The molecule has 0 aromatic heterocycles. The van der Waals surface area contributed by atoms with Crippen molar-refractivity contribution in [2.45, 2.75) is 6.42 Å². The molecule has 0 amide bonds. The van der Waals surface area contributed by atoms with Crippen molar-refractivity contribution in [3.05, 3.63) is 0 Å². The number of nitrogens with two attached hydrogens (primary N) is 1. The zero-order valence-electron chi connectivity index (χ0n) is 4.52. The molecule has 1 aliphatic rings. The maximum Gasteiger partial charge on any atom is 0.0847 e. The maximum absolute atomic E-state index is 2.40. The zero-order chi connectivity index (χ0) is 4.95. The first-order valence-electron chi connectivity index (χ1n) is 2.89. The smallest absolute Gasteiger partial charge is 0.0847 e. The summed E-state index contributed by atoms with van der Waals surface area (Å²) in [6.07, 6.45) is 1.41. The van der Waals surface area contributed by atoms with E-state index in [-0.39, 0.29) is 0 Å². The summed E-state index contributed by atoms with van der Waals surface area (Å²) in [5, 5.41) is 2.40. The molecule has 0 spiro atoms. The summed E-state index contributed by atoms with van der Waals surface area (Å²) in [4.78, 5) is 0. The average molecular weight is 118 g/mol. The van der Waals surface area contributed by atoms with Crippen molar-refractivity contribution in [1.29, 1.82) is 0 Å². The Hall–Kier alpha value is 0.310. The summed E-state index contributed by atoms with van der Waals surface area (Å²) in [6, 6.07) is 0. The molecule has 2 N–H and O–H groups in total. The lowest BCUT2D eigenvalue weighted by molar-refractivity contribution is -0.649. The Kier molecular flexibility index (Phi) is 2.59. The number of hydrogen-bond donors (Lipinski definition) is 1. The monoisotopic (exact) mass is 118 g/mol. The van der Waals surface area contributed by atoms with Crippen molar-refractivity contribution in [3.63, 3.8) is 0 Å². The predicted octanol–water partition coefficient (Wildman–Crippen LogP) is -0.313. The van der Waals surface area contributed by atoms with Crippen LogP contribution in [0.15, 0.2) is 0 Å². The fraction of sp³-hybridized carbons (Fsp3) is 1.00. The van der Waals surface area contributed by atoms with Gasteiger partial charge in [0.2, 0.25) is 0 Å². The van der Waals surface area contributed by atoms with E-state index < -0.39 is 0 Å². The second kappa shape index (κ2) is 3.33. The average Bonchev–Trinajstić information content (AvgIpc) is 1.90. The first-order valence-corrected chi connectivity index (χ1v) is 4.05. The van der Waals surface area contributed by atoms with Gasteiger partial charge in [-0.25, -0.2) is 0 Å². The summed E-state index contributed by atoms with van der Waals surface area (Å²) < 4.78 is 0. The van der Waals surface area contributed by atoms with Crippen molar-refractivity contribution in [1.82, 2.24) is 0 Å². The number of quaternary nitrogens is 1. The van der Waals surface area contributed by atoms with E-state index in [4.69, 9.17) is 0 Å². The van der Waals surface area contributed by atoms with Gasteiger partial charge in [-0.1, -0.05) is 0 Å². The van der Waals surface area contributed by atoms with Gasteiger partial charge in [-0.3, -0.25) is 0 Å². The van der Waals surface area contributed by atoms with Crippen LogP contribution < -0.4 is 5.32 Å². The number of thioether (sulfide) groups is 1. The number of hydrogen-bond acceptors (Lipinski definition) is 1. The van der Waals surface area contributed by atoms with Gasteiger partial charge in [-0.2, -0.15) is 11.8 Å². The molecule has 0 atom stereocenters. The third-order valence-corrected chi connectivity index (χ3v) is 2.26. The van der Waals surface area contributed by atoms with Gasteiger partial charge in [0, 0.05) is 12.2 Å². The Balaban J connectivity index is 2.04. The van der Waals surface area contributed by atoms with Gasteiger partial charge in [0.05, 0.1) is 13.1 Å². The summed E-state index contributed by atoms with van der Waals surface area (Å²) in [6.45, 7) is 2.69. The lowest BCUT2D eigenvalue weighted by atomic mass is 10.5. The van der Waals surface area contributed by atoms with Crippen molar-refractivity contribution in [2.24, 2.45) is 0 Å². The predicted molar refractivity (Wildman–Crippen MR) is 33.6 cm³/mol. The molecule has 1 rings (SSSR count). The molecule has 1 aliphatic heterocycles. The van der Waals surface area contributed by atoms with Crippen molar-refractivity contribution in [2.75, 3.05) is 24.6 Å². The first kappa shape index (κ1) is 5.45. The zero-order valence-corrected chi connectivity index (χ0v) is 5.34. The van der Waals surface area contributed by atoms with Crippen LogP contribution in [0.4, 0.5) is 0 Å². The lowest BCUT2D eigenvalue weighted by Crippen LogP contribution is -2.84. The van der Waals surface area contributed by atoms with Crippen LogP contribution in [0, 0.1) is 0 Å². The molecule has 0 saturated carbocycles. The highest BCUT2D eigenvalue weighted by molar-refractivity contribution is 7.99. The van der Waals surface area contributed by atoms with Crippen LogP contribution >= 0.6 is 11.8 Å². The number of rotatable bonds is 0. The van der Waals surface area contributed by atoms with Crippen LogP contribution in [0.25, 0.3) is 0 Å². The molecule has 1 fully saturated rings. The molecule has 0 bridgehead atoms. The molecule has 1 nitrogen and oxygen atoms in total. The first-order chi connectivity index (χ1) is 3.50. The van der Waals surface area contributed by atoms with Gasteiger partial charge in [-0.05, 0) is 5.75 Å². The highest BCUT2D eigenvalue weighted by atomic mass is 32.2. The van der Waals surface area contributed by atoms with E-state index in [1.807, 2.05) is 0 Å². The fourth-order valence-corrected chi connectivity index (χ4v) is 1.65. The second-order valence-electron chi connectivity index (χ2n) is 1.83. The van der Waals surface area contributed by atoms with E-state index in [2.05, 4.69) is 17.1 Å². The molecule has 0 unspecified atom stereocenters. The lowest BCUT2D eigenvalue weighted by Gasteiger charge is -1.88. The Morgan fingerprint density at radius 1 is 1.14 bits per heavy atom. The third kappa shape index (κ3) is 2.19. The second-order valence-corrected chi connectivity index (χ2v) is 3.06. The molecule has 42 valence electrons. The molecule has 0 aliphatic carbocycles. The van der Waals surface area contributed by atoms with E-state index in [0.717, 1.165) is 0 Å². The molecule has 0 aromatic carbocycles. The van der Waals surface area contributed by atoms with E-state index in [1.165, 1.54) is 31.0 Å². The Morgan fingerprint density at radius 2 is 2.14 bits per heavy atom. The van der Waals surface area contributed by atoms with Crippen LogP contribution in [-0.2, 0) is 0 Å². The third-order valence-electron chi connectivity index (χ3n) is 1.16. The van der Waals surface area contributed by atoms with Crippen molar-refractivity contribution >= 4 is 11.8 Å². The summed E-state index contributed by atoms with van der Waals surface area (Å²) >= 11 is 2.08. The SMILES string of the molecule is C1C[NH2+]CCSC1. The van der Waals surface area contributed by atoms with Crippen molar-refractivity contribution < 1.29 is 5.32 Å². The largest absolute Gasteiger partial charge is 0.346 e. The molecule has 1 saturated heterocycles. The van der Waals surface area contributed by atoms with Crippen LogP contribution in [0.3, 0.4) is 0 Å². The molecule has 0 aromatic rings. The minimum absolute atomic E-state index is 1.34. The molecular weight excluding hydrogens is 106 g/mol. The topological polar surface area (TPSA) is 16.6 Å². The normalized spacial score (nSPS) is 24.0. The molecule has 1 heterocycles. The summed E-state index contributed by atoms with van der Waals surface area (Å²) in [5.41, 5.74) is 0. The quantitative estimate of drug-likeness (QED) is 0.461. The van der Waals surface area contributed by atoms with Gasteiger partial charge in [0.15, 0.2) is 0 Å². The molecule has 7 heavy (non-hydrogen) atoms. The Labute approximate surface area is 48.9 Å². The molecular formula is C5H12NS+. The highest BCUT2D eigenvalue weighted by Gasteiger charge is 1.97. The molecule has 0 radical (unpaired) electrons. The maximum atomic E-state index is 2.40. The minimum atomic E-state index is 1.34. The fourth-order valence-electron chi connectivity index (χ4n) is 0.743. The van der Waals surface area contributed by atoms with Gasteiger partial charge in [0.1, 0.15) is 0 Å². The van der Waals surface area contributed by atoms with Gasteiger partial charge in [0.25, 0.3) is 0 Å². The van der Waals surface area contributed by atoms with Crippen LogP contribution in [0.2, 0.25) is 0 Å². The van der Waals surface area contributed by atoms with Crippen LogP contribution in [0.1, 0.15) is 6.42 Å².